The van der Waals surface area contributed by atoms with E-state index in [0.717, 1.165) is 4.42 Å². The molecule has 0 radical (unpaired) electrons. The van der Waals surface area contributed by atoms with Crippen molar-refractivity contribution in [1.29, 1.82) is 0 Å². The van der Waals surface area contributed by atoms with E-state index in [-0.39, 0.29) is 5.91 Å². The smallest absolute Gasteiger partial charge is 0.238 e. The summed E-state index contributed by atoms with van der Waals surface area (Å²) in [5.41, 5.74) is 0.319. The van der Waals surface area contributed by atoms with E-state index in [1.165, 1.54) is 6.92 Å². The third-order valence-electron chi connectivity index (χ3n) is 1.41. The number of rotatable bonds is 1. The molecule has 0 fully saturated rings. The highest BCUT2D eigenvalue weighted by Gasteiger charge is 2.15. The SMILES string of the molecule is CC(=O)N(Cl)c1c(Cl)cccc1Cl. The summed E-state index contributed by atoms with van der Waals surface area (Å²) in [7, 11) is 0. The van der Waals surface area contributed by atoms with Crippen molar-refractivity contribution in [3.8, 4) is 0 Å². The number of halogens is 3. The summed E-state index contributed by atoms with van der Waals surface area (Å²) in [5, 5.41) is 0.690. The average molecular weight is 239 g/mol. The van der Waals surface area contributed by atoms with Gasteiger partial charge in [-0.2, -0.15) is 0 Å². The second kappa shape index (κ2) is 4.18. The molecule has 1 aromatic rings. The zero-order valence-corrected chi connectivity index (χ0v) is 8.99. The van der Waals surface area contributed by atoms with E-state index in [9.17, 15) is 4.79 Å². The van der Waals surface area contributed by atoms with E-state index in [2.05, 4.69) is 0 Å². The van der Waals surface area contributed by atoms with Crippen LogP contribution in [0.4, 0.5) is 5.69 Å². The minimum atomic E-state index is -0.336. The fraction of sp³-hybridized carbons (Fsp3) is 0.125. The van der Waals surface area contributed by atoms with Crippen LogP contribution in [0, 0.1) is 0 Å². The van der Waals surface area contributed by atoms with Gasteiger partial charge in [-0.25, -0.2) is 4.42 Å². The number of carbonyl (C=O) groups is 1. The fourth-order valence-electron chi connectivity index (χ4n) is 0.834. The average Bonchev–Trinajstić information content (AvgIpc) is 2.03. The highest BCUT2D eigenvalue weighted by atomic mass is 35.5. The molecular weight excluding hydrogens is 232 g/mol. The number of carbonyl (C=O) groups excluding carboxylic acids is 1. The second-order valence-corrected chi connectivity index (χ2v) is 3.52. The maximum absolute atomic E-state index is 10.9. The van der Waals surface area contributed by atoms with Gasteiger partial charge < -0.3 is 0 Å². The van der Waals surface area contributed by atoms with Gasteiger partial charge in [0.1, 0.15) is 0 Å². The molecule has 0 aliphatic carbocycles. The van der Waals surface area contributed by atoms with Crippen LogP contribution in [0.3, 0.4) is 0 Å². The van der Waals surface area contributed by atoms with Gasteiger partial charge in [-0.1, -0.05) is 29.3 Å². The minimum Gasteiger partial charge on any atom is -0.274 e. The molecular formula is C8H6Cl3NO. The number of anilines is 1. The van der Waals surface area contributed by atoms with E-state index in [1.54, 1.807) is 18.2 Å². The summed E-state index contributed by atoms with van der Waals surface area (Å²) in [6.07, 6.45) is 0. The number of hydrogen-bond acceptors (Lipinski definition) is 1. The van der Waals surface area contributed by atoms with Crippen molar-refractivity contribution in [3.63, 3.8) is 0 Å². The second-order valence-electron chi connectivity index (χ2n) is 2.37. The summed E-state index contributed by atoms with van der Waals surface area (Å²) < 4.78 is 0.894. The van der Waals surface area contributed by atoms with Crippen LogP contribution in [0.15, 0.2) is 18.2 Å². The van der Waals surface area contributed by atoms with Crippen molar-refractivity contribution in [2.45, 2.75) is 6.92 Å². The summed E-state index contributed by atoms with van der Waals surface area (Å²) in [6, 6.07) is 4.90. The highest BCUT2D eigenvalue weighted by Crippen LogP contribution is 2.34. The van der Waals surface area contributed by atoms with Crippen molar-refractivity contribution in [2.75, 3.05) is 4.42 Å². The molecule has 0 atom stereocenters. The molecule has 2 nitrogen and oxygen atoms in total. The normalized spacial score (nSPS) is 9.85. The molecule has 0 unspecified atom stereocenters. The van der Waals surface area contributed by atoms with Crippen molar-refractivity contribution in [3.05, 3.63) is 28.2 Å². The van der Waals surface area contributed by atoms with Crippen molar-refractivity contribution >= 4 is 46.6 Å². The highest BCUT2D eigenvalue weighted by molar-refractivity contribution is 6.45. The van der Waals surface area contributed by atoms with E-state index in [1.807, 2.05) is 0 Å². The van der Waals surface area contributed by atoms with E-state index in [4.69, 9.17) is 35.0 Å². The molecule has 0 aliphatic rings. The minimum absolute atomic E-state index is 0.319. The molecule has 0 saturated heterocycles. The molecule has 1 rings (SSSR count). The largest absolute Gasteiger partial charge is 0.274 e. The third-order valence-corrected chi connectivity index (χ3v) is 2.43. The van der Waals surface area contributed by atoms with Crippen LogP contribution in [-0.2, 0) is 4.79 Å². The predicted molar refractivity (Wildman–Crippen MR) is 55.5 cm³/mol. The number of benzene rings is 1. The molecule has 13 heavy (non-hydrogen) atoms. The lowest BCUT2D eigenvalue weighted by molar-refractivity contribution is -0.115. The first-order valence-electron chi connectivity index (χ1n) is 3.44. The van der Waals surface area contributed by atoms with Gasteiger partial charge in [0.25, 0.3) is 0 Å². The van der Waals surface area contributed by atoms with Gasteiger partial charge in [0.05, 0.1) is 15.7 Å². The Balaban J connectivity index is 3.20. The number of para-hydroxylation sites is 1. The Morgan fingerprint density at radius 1 is 1.31 bits per heavy atom. The van der Waals surface area contributed by atoms with Crippen LogP contribution in [0.1, 0.15) is 6.92 Å². The Kier molecular flexibility index (Phi) is 3.42. The molecule has 5 heteroatoms. The zero-order valence-electron chi connectivity index (χ0n) is 6.72. The number of hydrogen-bond donors (Lipinski definition) is 0. The first kappa shape index (κ1) is 10.6. The predicted octanol–water partition coefficient (Wildman–Crippen LogP) is 3.50. The van der Waals surface area contributed by atoms with Gasteiger partial charge in [0.2, 0.25) is 5.91 Å². The van der Waals surface area contributed by atoms with Crippen molar-refractivity contribution < 1.29 is 4.79 Å². The van der Waals surface area contributed by atoms with Gasteiger partial charge in [-0.05, 0) is 12.1 Å². The van der Waals surface area contributed by atoms with Crippen molar-refractivity contribution in [1.82, 2.24) is 0 Å². The third kappa shape index (κ3) is 2.27. The Labute approximate surface area is 91.1 Å². The van der Waals surface area contributed by atoms with Gasteiger partial charge in [-0.15, -0.1) is 0 Å². The van der Waals surface area contributed by atoms with Gasteiger partial charge in [0.15, 0.2) is 0 Å². The molecule has 0 N–H and O–H groups in total. The Hall–Kier alpha value is -0.440. The Morgan fingerprint density at radius 2 is 1.77 bits per heavy atom. The fourth-order valence-corrected chi connectivity index (χ4v) is 1.67. The summed E-state index contributed by atoms with van der Waals surface area (Å²) >= 11 is 17.3. The van der Waals surface area contributed by atoms with Crippen LogP contribution in [0.25, 0.3) is 0 Å². The van der Waals surface area contributed by atoms with Crippen molar-refractivity contribution in [2.24, 2.45) is 0 Å². The molecule has 1 amide bonds. The first-order chi connectivity index (χ1) is 6.04. The van der Waals surface area contributed by atoms with E-state index >= 15 is 0 Å². The van der Waals surface area contributed by atoms with Crippen LogP contribution in [-0.4, -0.2) is 5.91 Å². The Bertz CT molecular complexity index is 320. The lowest BCUT2D eigenvalue weighted by atomic mass is 10.3. The molecule has 1 aromatic carbocycles. The quantitative estimate of drug-likeness (QED) is 0.686. The molecule has 0 aromatic heterocycles. The monoisotopic (exact) mass is 237 g/mol. The van der Waals surface area contributed by atoms with E-state index in [0.29, 0.717) is 15.7 Å². The van der Waals surface area contributed by atoms with E-state index < -0.39 is 0 Å². The lowest BCUT2D eigenvalue weighted by Gasteiger charge is -2.14. The Morgan fingerprint density at radius 3 is 2.15 bits per heavy atom. The van der Waals surface area contributed by atoms with Crippen LogP contribution in [0.2, 0.25) is 10.0 Å². The molecule has 0 heterocycles. The first-order valence-corrected chi connectivity index (χ1v) is 4.54. The van der Waals surface area contributed by atoms with Crippen LogP contribution >= 0.6 is 35.0 Å². The summed E-state index contributed by atoms with van der Waals surface area (Å²) in [4.78, 5) is 10.9. The number of amides is 1. The standard InChI is InChI=1S/C8H6Cl3NO/c1-5(13)12(11)8-6(9)3-2-4-7(8)10/h2-4H,1H3. The lowest BCUT2D eigenvalue weighted by Crippen LogP contribution is -2.17. The van der Waals surface area contributed by atoms with Crippen LogP contribution in [0.5, 0.6) is 0 Å². The molecule has 70 valence electrons. The maximum atomic E-state index is 10.9. The molecule has 0 spiro atoms. The topological polar surface area (TPSA) is 20.3 Å². The summed E-state index contributed by atoms with van der Waals surface area (Å²) in [6.45, 7) is 1.33. The molecule has 0 saturated carbocycles. The maximum Gasteiger partial charge on any atom is 0.238 e. The molecule has 0 bridgehead atoms. The number of nitrogens with zero attached hydrogens (tertiary/aromatic N) is 1. The summed E-state index contributed by atoms with van der Waals surface area (Å²) in [5.74, 6) is -0.336. The molecule has 0 aliphatic heterocycles. The van der Waals surface area contributed by atoms with Crippen LogP contribution < -0.4 is 4.42 Å². The van der Waals surface area contributed by atoms with Gasteiger partial charge in [-0.3, -0.25) is 4.79 Å². The van der Waals surface area contributed by atoms with Gasteiger partial charge in [0, 0.05) is 18.7 Å². The van der Waals surface area contributed by atoms with Gasteiger partial charge >= 0.3 is 0 Å². The zero-order chi connectivity index (χ0) is 10.0.